The van der Waals surface area contributed by atoms with Crippen LogP contribution < -0.4 is 5.73 Å². The van der Waals surface area contributed by atoms with Crippen LogP contribution in [0.3, 0.4) is 0 Å². The quantitative estimate of drug-likeness (QED) is 0.792. The topological polar surface area (TPSA) is 72.6 Å². The van der Waals surface area contributed by atoms with Gasteiger partial charge in [0.1, 0.15) is 0 Å². The first-order valence-electron chi connectivity index (χ1n) is 6.68. The zero-order chi connectivity index (χ0) is 15.4. The lowest BCUT2D eigenvalue weighted by Gasteiger charge is -2.36. The molecule has 111 valence electrons. The Morgan fingerprint density at radius 1 is 1.40 bits per heavy atom. The van der Waals surface area contributed by atoms with E-state index in [1.165, 1.54) is 0 Å². The Balaban J connectivity index is 2.60. The molecule has 1 rings (SSSR count). The number of primary amides is 1. The summed E-state index contributed by atoms with van der Waals surface area (Å²) >= 11 is 0. The molecule has 1 amide bonds. The number of aliphatic hydroxyl groups is 1. The molecule has 2 atom stereocenters. The fourth-order valence-electron chi connectivity index (χ4n) is 1.75. The molecule has 0 aliphatic rings. The van der Waals surface area contributed by atoms with E-state index in [-0.39, 0.29) is 17.2 Å². The van der Waals surface area contributed by atoms with Crippen LogP contribution in [0.1, 0.15) is 32.4 Å². The largest absolute Gasteiger partial charge is 0.407 e. The molecule has 1 radical (unpaired) electrons. The van der Waals surface area contributed by atoms with Gasteiger partial charge in [0.2, 0.25) is 5.53 Å². The molecular formula is C15H24NO3Si. The molecule has 0 heterocycles. The number of hydrogen-bond donors (Lipinski definition) is 2. The molecule has 0 fully saturated rings. The molecule has 3 N–H and O–H groups in total. The van der Waals surface area contributed by atoms with E-state index >= 15 is 0 Å². The van der Waals surface area contributed by atoms with Crippen LogP contribution in [0.25, 0.3) is 0 Å². The van der Waals surface area contributed by atoms with Crippen LogP contribution in [-0.2, 0) is 4.43 Å². The summed E-state index contributed by atoms with van der Waals surface area (Å²) in [6, 6.07) is 9.31. The van der Waals surface area contributed by atoms with Gasteiger partial charge in [0.25, 0.3) is 8.32 Å². The maximum absolute atomic E-state index is 11.7. The van der Waals surface area contributed by atoms with Gasteiger partial charge in [-0.2, -0.15) is 0 Å². The summed E-state index contributed by atoms with van der Waals surface area (Å²) in [7, 11) is -2.70. The summed E-state index contributed by atoms with van der Waals surface area (Å²) in [5, 5.41) is 9.74. The van der Waals surface area contributed by atoms with Crippen LogP contribution in [0.4, 0.5) is 4.79 Å². The van der Waals surface area contributed by atoms with Gasteiger partial charge in [-0.15, -0.1) is 0 Å². The lowest BCUT2D eigenvalue weighted by molar-refractivity contribution is 0.185. The normalized spacial score (nSPS) is 16.4. The van der Waals surface area contributed by atoms with E-state index in [1.54, 1.807) is 6.42 Å². The lowest BCUT2D eigenvalue weighted by atomic mass is 10.1. The van der Waals surface area contributed by atoms with Crippen molar-refractivity contribution >= 4 is 13.8 Å². The molecular weight excluding hydrogens is 270 g/mol. The monoisotopic (exact) mass is 294 g/mol. The maximum Gasteiger partial charge on any atom is 0.294 e. The summed E-state index contributed by atoms with van der Waals surface area (Å²) in [6.45, 7) is 7.89. The zero-order valence-corrected chi connectivity index (χ0v) is 13.6. The molecule has 0 aliphatic heterocycles. The number of nitrogens with two attached hydrogens (primary N) is 1. The molecule has 0 bridgehead atoms. The van der Waals surface area contributed by atoms with Crippen molar-refractivity contribution in [3.8, 4) is 0 Å². The molecule has 0 saturated carbocycles. The molecule has 4 nitrogen and oxygen atoms in total. The number of carbonyl (C=O) groups excluding carboxylic acids is 1. The molecule has 1 aromatic carbocycles. The number of aliphatic hydroxyl groups excluding tert-OH is 1. The van der Waals surface area contributed by atoms with Crippen molar-refractivity contribution in [2.75, 3.05) is 6.61 Å². The van der Waals surface area contributed by atoms with Crippen molar-refractivity contribution in [1.82, 2.24) is 0 Å². The SMILES string of the molecule is CC(C)(C)[Si@](C)(OC[CH][C@H](O)c1ccccc1)C(N)=O. The Bertz CT molecular complexity index is 444. The van der Waals surface area contributed by atoms with Gasteiger partial charge in [-0.1, -0.05) is 51.1 Å². The first-order chi connectivity index (χ1) is 9.18. The highest BCUT2D eigenvalue weighted by Crippen LogP contribution is 2.37. The van der Waals surface area contributed by atoms with Crippen LogP contribution in [-0.4, -0.2) is 25.6 Å². The van der Waals surface area contributed by atoms with E-state index in [9.17, 15) is 9.90 Å². The van der Waals surface area contributed by atoms with Crippen molar-refractivity contribution in [2.24, 2.45) is 5.73 Å². The third kappa shape index (κ3) is 3.91. The van der Waals surface area contributed by atoms with E-state index < -0.39 is 14.4 Å². The van der Waals surface area contributed by atoms with Crippen molar-refractivity contribution in [2.45, 2.75) is 38.5 Å². The van der Waals surface area contributed by atoms with Gasteiger partial charge in [-0.25, -0.2) is 0 Å². The molecule has 0 unspecified atom stereocenters. The van der Waals surface area contributed by atoms with Gasteiger partial charge >= 0.3 is 0 Å². The third-order valence-electron chi connectivity index (χ3n) is 3.73. The van der Waals surface area contributed by atoms with Gasteiger partial charge < -0.3 is 15.3 Å². The van der Waals surface area contributed by atoms with Crippen molar-refractivity contribution < 1.29 is 14.3 Å². The first-order valence-corrected chi connectivity index (χ1v) is 9.09. The van der Waals surface area contributed by atoms with Gasteiger partial charge in [-0.05, 0) is 17.1 Å². The molecule has 20 heavy (non-hydrogen) atoms. The highest BCUT2D eigenvalue weighted by Gasteiger charge is 2.48. The smallest absolute Gasteiger partial charge is 0.294 e. The lowest BCUT2D eigenvalue weighted by Crippen LogP contribution is -2.55. The van der Waals surface area contributed by atoms with Gasteiger partial charge in [0, 0.05) is 13.0 Å². The standard InChI is InChI=1S/C15H24NO3Si/c1-15(2,3)20(4,14(16)18)19-11-10-13(17)12-8-6-5-7-9-12/h5-10,13,17H,11H2,1-4H3,(H2,16,18)/t13-,20+/m0/s1. The van der Waals surface area contributed by atoms with Crippen LogP contribution in [0.15, 0.2) is 30.3 Å². The molecule has 0 aromatic heterocycles. The highest BCUT2D eigenvalue weighted by molar-refractivity contribution is 7.02. The Kier molecular flexibility index (Phi) is 5.50. The summed E-state index contributed by atoms with van der Waals surface area (Å²) in [5.41, 5.74) is 5.94. The second-order valence-electron chi connectivity index (χ2n) is 6.05. The summed E-state index contributed by atoms with van der Waals surface area (Å²) in [5.74, 6) is 0. The predicted molar refractivity (Wildman–Crippen MR) is 82.6 cm³/mol. The molecule has 0 spiro atoms. The number of hydrogen-bond acceptors (Lipinski definition) is 3. The second-order valence-corrected chi connectivity index (χ2v) is 10.4. The number of rotatable bonds is 6. The van der Waals surface area contributed by atoms with Crippen molar-refractivity contribution in [3.05, 3.63) is 42.3 Å². The van der Waals surface area contributed by atoms with Gasteiger partial charge in [-0.3, -0.25) is 4.79 Å². The first kappa shape index (κ1) is 16.9. The predicted octanol–water partition coefficient (Wildman–Crippen LogP) is 2.98. The zero-order valence-electron chi connectivity index (χ0n) is 12.6. The Labute approximate surface area is 122 Å². The van der Waals surface area contributed by atoms with E-state index in [0.717, 1.165) is 5.56 Å². The third-order valence-corrected chi connectivity index (χ3v) is 8.28. The van der Waals surface area contributed by atoms with Crippen molar-refractivity contribution in [1.29, 1.82) is 0 Å². The van der Waals surface area contributed by atoms with E-state index in [1.807, 2.05) is 57.7 Å². The van der Waals surface area contributed by atoms with Crippen molar-refractivity contribution in [3.63, 3.8) is 0 Å². The Morgan fingerprint density at radius 3 is 2.40 bits per heavy atom. The van der Waals surface area contributed by atoms with Gasteiger partial charge in [0.05, 0.1) is 6.10 Å². The minimum atomic E-state index is -2.70. The molecule has 0 aliphatic carbocycles. The molecule has 0 saturated heterocycles. The molecule has 1 aromatic rings. The van der Waals surface area contributed by atoms with Crippen LogP contribution in [0.5, 0.6) is 0 Å². The summed E-state index contributed by atoms with van der Waals surface area (Å²) < 4.78 is 5.80. The fraction of sp³-hybridized carbons (Fsp3) is 0.467. The van der Waals surface area contributed by atoms with E-state index in [0.29, 0.717) is 0 Å². The van der Waals surface area contributed by atoms with Crippen LogP contribution in [0, 0.1) is 6.42 Å². The number of benzene rings is 1. The summed E-state index contributed by atoms with van der Waals surface area (Å²) in [6.07, 6.45) is 0.942. The summed E-state index contributed by atoms with van der Waals surface area (Å²) in [4.78, 5) is 11.7. The average molecular weight is 294 g/mol. The van der Waals surface area contributed by atoms with Crippen LogP contribution in [0.2, 0.25) is 11.6 Å². The van der Waals surface area contributed by atoms with Gasteiger partial charge in [0.15, 0.2) is 0 Å². The molecule has 5 heteroatoms. The minimum Gasteiger partial charge on any atom is -0.407 e. The van der Waals surface area contributed by atoms with E-state index in [4.69, 9.17) is 10.2 Å². The highest BCUT2D eigenvalue weighted by atomic mass is 28.4. The Hall–Kier alpha value is -1.17. The van der Waals surface area contributed by atoms with Crippen LogP contribution >= 0.6 is 0 Å². The average Bonchev–Trinajstić information content (AvgIpc) is 2.37. The number of carbonyl (C=O) groups is 1. The number of amides is 1. The Morgan fingerprint density at radius 2 is 1.95 bits per heavy atom. The second kappa shape index (κ2) is 6.52. The maximum atomic E-state index is 11.7. The fourth-order valence-corrected chi connectivity index (χ4v) is 3.49. The minimum absolute atomic E-state index is 0.207. The van der Waals surface area contributed by atoms with E-state index in [2.05, 4.69) is 0 Å².